The van der Waals surface area contributed by atoms with Crippen molar-refractivity contribution in [3.63, 3.8) is 0 Å². The number of methoxy groups -OCH3 is 1. The van der Waals surface area contributed by atoms with Crippen LogP contribution in [0.1, 0.15) is 27.3 Å². The highest BCUT2D eigenvalue weighted by molar-refractivity contribution is 5.94. The fourth-order valence-electron chi connectivity index (χ4n) is 2.61. The highest BCUT2D eigenvalue weighted by Gasteiger charge is 2.20. The van der Waals surface area contributed by atoms with Gasteiger partial charge in [0.15, 0.2) is 5.69 Å². The van der Waals surface area contributed by atoms with E-state index in [1.165, 1.54) is 0 Å². The van der Waals surface area contributed by atoms with Gasteiger partial charge in [0.1, 0.15) is 5.75 Å². The molecular formula is C16H20N4O2. The minimum Gasteiger partial charge on any atom is -0.497 e. The molecule has 1 aliphatic heterocycles. The van der Waals surface area contributed by atoms with Crippen molar-refractivity contribution in [3.05, 3.63) is 46.8 Å². The Hall–Kier alpha value is -2.34. The molecule has 3 rings (SSSR count). The lowest BCUT2D eigenvalue weighted by molar-refractivity contribution is 0.0948. The van der Waals surface area contributed by atoms with Crippen LogP contribution in [0.3, 0.4) is 0 Å². The summed E-state index contributed by atoms with van der Waals surface area (Å²) in [7, 11) is 1.65. The molecule has 0 bridgehead atoms. The zero-order valence-corrected chi connectivity index (χ0v) is 12.6. The molecule has 0 atom stereocenters. The summed E-state index contributed by atoms with van der Waals surface area (Å²) in [6, 6.07) is 7.86. The van der Waals surface area contributed by atoms with Crippen molar-refractivity contribution in [2.45, 2.75) is 19.4 Å². The molecule has 0 saturated heterocycles. The Bertz CT molecular complexity index is 649. The van der Waals surface area contributed by atoms with Crippen LogP contribution >= 0.6 is 0 Å². The molecule has 22 heavy (non-hydrogen) atoms. The van der Waals surface area contributed by atoms with Gasteiger partial charge in [0, 0.05) is 37.3 Å². The molecule has 6 nitrogen and oxygen atoms in total. The largest absolute Gasteiger partial charge is 0.497 e. The van der Waals surface area contributed by atoms with E-state index in [0.717, 1.165) is 42.0 Å². The number of benzene rings is 1. The quantitative estimate of drug-likeness (QED) is 0.771. The molecule has 3 N–H and O–H groups in total. The first-order valence-electron chi connectivity index (χ1n) is 7.46. The van der Waals surface area contributed by atoms with E-state index in [4.69, 9.17) is 4.74 Å². The molecule has 0 spiro atoms. The van der Waals surface area contributed by atoms with E-state index in [9.17, 15) is 4.79 Å². The monoisotopic (exact) mass is 300 g/mol. The second-order valence-electron chi connectivity index (χ2n) is 5.31. The third kappa shape index (κ3) is 3.12. The molecule has 1 aliphatic rings. The number of fused-ring (bicyclic) bond motifs is 1. The number of carbonyl (C=O) groups is 1. The van der Waals surface area contributed by atoms with Crippen molar-refractivity contribution in [2.75, 3.05) is 20.2 Å². The third-order valence-corrected chi connectivity index (χ3v) is 3.88. The van der Waals surface area contributed by atoms with Gasteiger partial charge in [0.25, 0.3) is 5.91 Å². The van der Waals surface area contributed by atoms with Gasteiger partial charge in [0.05, 0.1) is 7.11 Å². The normalized spacial score (nSPS) is 13.5. The Labute approximate surface area is 129 Å². The summed E-state index contributed by atoms with van der Waals surface area (Å²) in [6.45, 7) is 2.21. The van der Waals surface area contributed by atoms with Gasteiger partial charge in [0.2, 0.25) is 0 Å². The molecule has 0 radical (unpaired) electrons. The van der Waals surface area contributed by atoms with Crippen LogP contribution < -0.4 is 15.4 Å². The standard InChI is InChI=1S/C16H20N4O2/c1-22-12-4-2-11(3-5-12)6-9-18-16(21)15-13-10-17-8-7-14(13)19-20-15/h2-5,17H,6-10H2,1H3,(H,18,21)(H,19,20). The predicted molar refractivity (Wildman–Crippen MR) is 83.0 cm³/mol. The Kier molecular flexibility index (Phi) is 4.39. The molecule has 2 aromatic rings. The van der Waals surface area contributed by atoms with Gasteiger partial charge in [-0.05, 0) is 24.1 Å². The van der Waals surface area contributed by atoms with Crippen molar-refractivity contribution in [3.8, 4) is 5.75 Å². The van der Waals surface area contributed by atoms with Crippen LogP contribution in [0.4, 0.5) is 0 Å². The maximum atomic E-state index is 12.2. The van der Waals surface area contributed by atoms with E-state index in [1.54, 1.807) is 7.11 Å². The number of nitrogens with one attached hydrogen (secondary N) is 3. The van der Waals surface area contributed by atoms with E-state index in [1.807, 2.05) is 24.3 Å². The van der Waals surface area contributed by atoms with Crippen LogP contribution in [0.5, 0.6) is 5.75 Å². The number of H-pyrrole nitrogens is 1. The second-order valence-corrected chi connectivity index (χ2v) is 5.31. The fourth-order valence-corrected chi connectivity index (χ4v) is 2.61. The maximum Gasteiger partial charge on any atom is 0.272 e. The third-order valence-electron chi connectivity index (χ3n) is 3.88. The summed E-state index contributed by atoms with van der Waals surface area (Å²) in [4.78, 5) is 12.2. The lowest BCUT2D eigenvalue weighted by Crippen LogP contribution is -2.29. The first kappa shape index (κ1) is 14.6. The number of aromatic amines is 1. The first-order chi connectivity index (χ1) is 10.8. The van der Waals surface area contributed by atoms with Gasteiger partial charge in [-0.2, -0.15) is 5.10 Å². The Morgan fingerprint density at radius 3 is 2.95 bits per heavy atom. The zero-order chi connectivity index (χ0) is 15.4. The highest BCUT2D eigenvalue weighted by Crippen LogP contribution is 2.15. The summed E-state index contributed by atoms with van der Waals surface area (Å²) in [6.07, 6.45) is 1.67. The van der Waals surface area contributed by atoms with E-state index < -0.39 is 0 Å². The van der Waals surface area contributed by atoms with Gasteiger partial charge in [-0.15, -0.1) is 0 Å². The lowest BCUT2D eigenvalue weighted by atomic mass is 10.1. The van der Waals surface area contributed by atoms with Gasteiger partial charge >= 0.3 is 0 Å². The topological polar surface area (TPSA) is 79.0 Å². The fraction of sp³-hybridized carbons (Fsp3) is 0.375. The van der Waals surface area contributed by atoms with E-state index in [0.29, 0.717) is 18.8 Å². The Balaban J connectivity index is 1.55. The average Bonchev–Trinajstić information content (AvgIpc) is 2.99. The predicted octanol–water partition coefficient (Wildman–Crippen LogP) is 1.04. The molecule has 116 valence electrons. The zero-order valence-electron chi connectivity index (χ0n) is 12.6. The van der Waals surface area contributed by atoms with Crippen molar-refractivity contribution >= 4 is 5.91 Å². The average molecular weight is 300 g/mol. The molecule has 1 aromatic carbocycles. The van der Waals surface area contributed by atoms with Crippen LogP contribution in [0, 0.1) is 0 Å². The number of rotatable bonds is 5. The number of aromatic nitrogens is 2. The Morgan fingerprint density at radius 1 is 1.36 bits per heavy atom. The van der Waals surface area contributed by atoms with Crippen LogP contribution in [-0.4, -0.2) is 36.3 Å². The smallest absolute Gasteiger partial charge is 0.272 e. The molecule has 0 saturated carbocycles. The summed E-state index contributed by atoms with van der Waals surface area (Å²) in [5.74, 6) is 0.721. The number of amides is 1. The van der Waals surface area contributed by atoms with Gasteiger partial charge in [-0.1, -0.05) is 12.1 Å². The van der Waals surface area contributed by atoms with Crippen molar-refractivity contribution in [1.29, 1.82) is 0 Å². The van der Waals surface area contributed by atoms with Crippen molar-refractivity contribution in [2.24, 2.45) is 0 Å². The van der Waals surface area contributed by atoms with Crippen LogP contribution in [0.2, 0.25) is 0 Å². The number of carbonyl (C=O) groups excluding carboxylic acids is 1. The van der Waals surface area contributed by atoms with Crippen molar-refractivity contribution < 1.29 is 9.53 Å². The summed E-state index contributed by atoms with van der Waals surface area (Å²) in [5, 5.41) is 13.3. The molecule has 0 fully saturated rings. The molecular weight excluding hydrogens is 280 g/mol. The van der Waals surface area contributed by atoms with E-state index >= 15 is 0 Å². The minimum atomic E-state index is -0.116. The summed E-state index contributed by atoms with van der Waals surface area (Å²) < 4.78 is 5.13. The molecule has 0 unspecified atom stereocenters. The summed E-state index contributed by atoms with van der Waals surface area (Å²) in [5.41, 5.74) is 3.73. The number of hydrogen-bond acceptors (Lipinski definition) is 4. The number of nitrogens with zero attached hydrogens (tertiary/aromatic N) is 1. The Morgan fingerprint density at radius 2 is 2.18 bits per heavy atom. The lowest BCUT2D eigenvalue weighted by Gasteiger charge is -2.12. The molecule has 6 heteroatoms. The molecule has 0 aliphatic carbocycles. The van der Waals surface area contributed by atoms with E-state index in [2.05, 4.69) is 20.8 Å². The van der Waals surface area contributed by atoms with Crippen LogP contribution in [0.25, 0.3) is 0 Å². The van der Waals surface area contributed by atoms with Gasteiger partial charge in [-0.3, -0.25) is 9.89 Å². The summed E-state index contributed by atoms with van der Waals surface area (Å²) >= 11 is 0. The van der Waals surface area contributed by atoms with Gasteiger partial charge < -0.3 is 15.4 Å². The first-order valence-corrected chi connectivity index (χ1v) is 7.46. The molecule has 2 heterocycles. The SMILES string of the molecule is COc1ccc(CCNC(=O)c2n[nH]c3c2CNCC3)cc1. The second kappa shape index (κ2) is 6.62. The van der Waals surface area contributed by atoms with Crippen LogP contribution in [-0.2, 0) is 19.4 Å². The molecule has 1 amide bonds. The van der Waals surface area contributed by atoms with Gasteiger partial charge in [-0.25, -0.2) is 0 Å². The number of hydrogen-bond donors (Lipinski definition) is 3. The number of ether oxygens (including phenoxy) is 1. The maximum absolute atomic E-state index is 12.2. The molecule has 1 aromatic heterocycles. The van der Waals surface area contributed by atoms with Crippen LogP contribution in [0.15, 0.2) is 24.3 Å². The van der Waals surface area contributed by atoms with Crippen molar-refractivity contribution in [1.82, 2.24) is 20.8 Å². The van der Waals surface area contributed by atoms with E-state index in [-0.39, 0.29) is 5.91 Å². The minimum absolute atomic E-state index is 0.116. The highest BCUT2D eigenvalue weighted by atomic mass is 16.5.